The van der Waals surface area contributed by atoms with E-state index in [1.807, 2.05) is 43.3 Å². The first-order valence-electron chi connectivity index (χ1n) is 9.68. The van der Waals surface area contributed by atoms with Gasteiger partial charge in [0.05, 0.1) is 10.9 Å². The summed E-state index contributed by atoms with van der Waals surface area (Å²) in [5, 5.41) is 3.63. The first-order valence-corrected chi connectivity index (χ1v) is 9.68. The molecule has 3 rings (SSSR count). The predicted octanol–water partition coefficient (Wildman–Crippen LogP) is 3.73. The van der Waals surface area contributed by atoms with Gasteiger partial charge in [-0.25, -0.2) is 4.98 Å². The molecule has 3 aromatic rings. The molecule has 0 aliphatic rings. The fourth-order valence-electron chi connectivity index (χ4n) is 3.66. The average Bonchev–Trinajstić information content (AvgIpc) is 2.66. The molecule has 28 heavy (non-hydrogen) atoms. The van der Waals surface area contributed by atoms with Crippen LogP contribution in [0.3, 0.4) is 0 Å². The number of carbonyl (C=O) groups is 1. The molecule has 0 aliphatic heterocycles. The Balaban J connectivity index is 1.56. The molecule has 0 fully saturated rings. The predicted molar refractivity (Wildman–Crippen MR) is 112 cm³/mol. The van der Waals surface area contributed by atoms with Gasteiger partial charge in [0.15, 0.2) is 0 Å². The zero-order chi connectivity index (χ0) is 20.1. The summed E-state index contributed by atoms with van der Waals surface area (Å²) in [5.74, 6) is 0.503. The van der Waals surface area contributed by atoms with Crippen molar-refractivity contribution in [3.63, 3.8) is 0 Å². The van der Waals surface area contributed by atoms with Crippen LogP contribution in [0.4, 0.5) is 0 Å². The van der Waals surface area contributed by atoms with Crippen LogP contribution in [0, 0.1) is 0 Å². The van der Waals surface area contributed by atoms with E-state index >= 15 is 0 Å². The van der Waals surface area contributed by atoms with Gasteiger partial charge in [-0.15, -0.1) is 0 Å². The van der Waals surface area contributed by atoms with E-state index in [1.165, 1.54) is 5.56 Å². The molecule has 1 atom stereocenters. The molecule has 0 aliphatic carbocycles. The second-order valence-corrected chi connectivity index (χ2v) is 7.95. The fraction of sp³-hybridized carbons (Fsp3) is 0.348. The highest BCUT2D eigenvalue weighted by atomic mass is 16.1. The molecule has 0 saturated heterocycles. The number of amides is 1. The molecule has 0 saturated carbocycles. The van der Waals surface area contributed by atoms with Gasteiger partial charge in [-0.2, -0.15) is 0 Å². The number of para-hydroxylation sites is 1. The number of nitrogens with zero attached hydrogens (tertiary/aromatic N) is 1. The quantitative estimate of drug-likeness (QED) is 0.659. The van der Waals surface area contributed by atoms with Crippen LogP contribution in [-0.2, 0) is 16.6 Å². The van der Waals surface area contributed by atoms with Crippen molar-refractivity contribution in [2.75, 3.05) is 0 Å². The topological polar surface area (TPSA) is 74.8 Å². The van der Waals surface area contributed by atoms with Crippen molar-refractivity contribution in [1.29, 1.82) is 0 Å². The SMILES string of the molecule is C[C@@H](CC(C)(C)c1ccccc1)NC(=O)CCc1nc2ccccc2c(=O)[nH]1. The first kappa shape index (κ1) is 19.8. The Kier molecular flexibility index (Phi) is 5.93. The van der Waals surface area contributed by atoms with Crippen molar-refractivity contribution in [2.24, 2.45) is 0 Å². The molecule has 146 valence electrons. The third-order valence-electron chi connectivity index (χ3n) is 5.03. The molecule has 2 N–H and O–H groups in total. The fourth-order valence-corrected chi connectivity index (χ4v) is 3.66. The van der Waals surface area contributed by atoms with Gasteiger partial charge >= 0.3 is 0 Å². The maximum atomic E-state index is 12.4. The van der Waals surface area contributed by atoms with E-state index in [0.29, 0.717) is 23.1 Å². The Morgan fingerprint density at radius 3 is 2.54 bits per heavy atom. The molecular formula is C23H27N3O2. The van der Waals surface area contributed by atoms with Crippen LogP contribution in [-0.4, -0.2) is 21.9 Å². The highest BCUT2D eigenvalue weighted by Gasteiger charge is 2.24. The molecule has 5 heteroatoms. The lowest BCUT2D eigenvalue weighted by molar-refractivity contribution is -0.121. The van der Waals surface area contributed by atoms with Gasteiger partial charge in [0, 0.05) is 18.9 Å². The normalized spacial score (nSPS) is 12.7. The number of aromatic amines is 1. The molecule has 1 amide bonds. The number of fused-ring (bicyclic) bond motifs is 1. The van der Waals surface area contributed by atoms with Crippen LogP contribution in [0.5, 0.6) is 0 Å². The van der Waals surface area contributed by atoms with Crippen molar-refractivity contribution in [2.45, 2.75) is 51.5 Å². The van der Waals surface area contributed by atoms with Crippen LogP contribution in [0.2, 0.25) is 0 Å². The summed E-state index contributed by atoms with van der Waals surface area (Å²) in [7, 11) is 0. The summed E-state index contributed by atoms with van der Waals surface area (Å²) >= 11 is 0. The van der Waals surface area contributed by atoms with E-state index in [2.05, 4.69) is 41.3 Å². The maximum absolute atomic E-state index is 12.4. The zero-order valence-corrected chi connectivity index (χ0v) is 16.7. The third-order valence-corrected chi connectivity index (χ3v) is 5.03. The van der Waals surface area contributed by atoms with Crippen molar-refractivity contribution in [1.82, 2.24) is 15.3 Å². The monoisotopic (exact) mass is 377 g/mol. The summed E-state index contributed by atoms with van der Waals surface area (Å²) in [6.45, 7) is 6.40. The minimum atomic E-state index is -0.168. The van der Waals surface area contributed by atoms with Gasteiger partial charge in [0.25, 0.3) is 5.56 Å². The number of hydrogen-bond acceptors (Lipinski definition) is 3. The summed E-state index contributed by atoms with van der Waals surface area (Å²) in [6.07, 6.45) is 1.53. The van der Waals surface area contributed by atoms with Gasteiger partial charge in [-0.1, -0.05) is 56.3 Å². The Labute approximate surface area is 165 Å². The number of aromatic nitrogens is 2. The molecular weight excluding hydrogens is 350 g/mol. The van der Waals surface area contributed by atoms with E-state index in [-0.39, 0.29) is 29.3 Å². The van der Waals surface area contributed by atoms with Crippen molar-refractivity contribution in [3.05, 3.63) is 76.3 Å². The molecule has 5 nitrogen and oxygen atoms in total. The number of aryl methyl sites for hydroxylation is 1. The Bertz CT molecular complexity index is 1010. The van der Waals surface area contributed by atoms with E-state index in [4.69, 9.17) is 0 Å². The number of H-pyrrole nitrogens is 1. The van der Waals surface area contributed by atoms with E-state index < -0.39 is 0 Å². The molecule has 0 unspecified atom stereocenters. The Hall–Kier alpha value is -2.95. The number of rotatable bonds is 7. The largest absolute Gasteiger partial charge is 0.354 e. The highest BCUT2D eigenvalue weighted by Crippen LogP contribution is 2.28. The lowest BCUT2D eigenvalue weighted by Crippen LogP contribution is -2.37. The molecule has 0 radical (unpaired) electrons. The van der Waals surface area contributed by atoms with E-state index in [0.717, 1.165) is 6.42 Å². The summed E-state index contributed by atoms with van der Waals surface area (Å²) < 4.78 is 0. The number of hydrogen-bond donors (Lipinski definition) is 2. The lowest BCUT2D eigenvalue weighted by Gasteiger charge is -2.29. The van der Waals surface area contributed by atoms with Crippen LogP contribution in [0.15, 0.2) is 59.4 Å². The lowest BCUT2D eigenvalue weighted by atomic mass is 9.79. The zero-order valence-electron chi connectivity index (χ0n) is 16.7. The van der Waals surface area contributed by atoms with Gasteiger partial charge < -0.3 is 10.3 Å². The number of carbonyl (C=O) groups excluding carboxylic acids is 1. The van der Waals surface area contributed by atoms with Crippen molar-refractivity contribution < 1.29 is 4.79 Å². The number of nitrogens with one attached hydrogen (secondary N) is 2. The standard InChI is InChI=1S/C23H27N3O2/c1-16(15-23(2,3)17-9-5-4-6-10-17)24-21(27)14-13-20-25-19-12-8-7-11-18(19)22(28)26-20/h4-12,16H,13-15H2,1-3H3,(H,24,27)(H,25,26,28)/t16-/m0/s1. The van der Waals surface area contributed by atoms with E-state index in [1.54, 1.807) is 6.07 Å². The smallest absolute Gasteiger partial charge is 0.258 e. The average molecular weight is 377 g/mol. The molecule has 0 spiro atoms. The third kappa shape index (κ3) is 4.85. The second-order valence-electron chi connectivity index (χ2n) is 7.95. The van der Waals surface area contributed by atoms with Gasteiger partial charge in [-0.05, 0) is 36.5 Å². The van der Waals surface area contributed by atoms with Crippen LogP contribution < -0.4 is 10.9 Å². The minimum absolute atomic E-state index is 0.0287. The first-order chi connectivity index (χ1) is 13.3. The maximum Gasteiger partial charge on any atom is 0.258 e. The van der Waals surface area contributed by atoms with Gasteiger partial charge in [0.2, 0.25) is 5.91 Å². The molecule has 0 bridgehead atoms. The summed E-state index contributed by atoms with van der Waals surface area (Å²) in [6, 6.07) is 17.6. The molecule has 1 aromatic heterocycles. The van der Waals surface area contributed by atoms with Crippen LogP contribution in [0.1, 0.15) is 45.0 Å². The molecule has 2 aromatic carbocycles. The Morgan fingerprint density at radius 1 is 1.11 bits per heavy atom. The van der Waals surface area contributed by atoms with Crippen molar-refractivity contribution >= 4 is 16.8 Å². The van der Waals surface area contributed by atoms with Crippen molar-refractivity contribution in [3.8, 4) is 0 Å². The Morgan fingerprint density at radius 2 is 1.79 bits per heavy atom. The molecule has 1 heterocycles. The second kappa shape index (κ2) is 8.38. The van der Waals surface area contributed by atoms with Gasteiger partial charge in [0.1, 0.15) is 5.82 Å². The number of benzene rings is 2. The minimum Gasteiger partial charge on any atom is -0.354 e. The van der Waals surface area contributed by atoms with E-state index in [9.17, 15) is 9.59 Å². The summed E-state index contributed by atoms with van der Waals surface area (Å²) in [5.41, 5.74) is 1.71. The van der Waals surface area contributed by atoms with Crippen LogP contribution >= 0.6 is 0 Å². The highest BCUT2D eigenvalue weighted by molar-refractivity contribution is 5.78. The van der Waals surface area contributed by atoms with Crippen LogP contribution in [0.25, 0.3) is 10.9 Å². The van der Waals surface area contributed by atoms with Gasteiger partial charge in [-0.3, -0.25) is 9.59 Å². The summed E-state index contributed by atoms with van der Waals surface area (Å²) in [4.78, 5) is 31.7.